The van der Waals surface area contributed by atoms with E-state index in [1.165, 1.54) is 20.0 Å². The van der Waals surface area contributed by atoms with Gasteiger partial charge in [0, 0.05) is 6.54 Å². The predicted octanol–water partition coefficient (Wildman–Crippen LogP) is 0.821. The number of rotatable bonds is 4. The van der Waals surface area contributed by atoms with Gasteiger partial charge in [-0.2, -0.15) is 0 Å². The molecule has 1 fully saturated rings. The molecular weight excluding hydrogens is 204 g/mol. The monoisotopic (exact) mass is 228 g/mol. The number of carbonyl (C=O) groups excluding carboxylic acids is 1. The van der Waals surface area contributed by atoms with Crippen LogP contribution in [0.25, 0.3) is 0 Å². The zero-order valence-electron chi connectivity index (χ0n) is 10.9. The zero-order valence-corrected chi connectivity index (χ0v) is 10.9. The Bertz CT molecular complexity index is 223. The molecule has 0 aromatic carbocycles. The fourth-order valence-electron chi connectivity index (χ4n) is 2.36. The fraction of sp³-hybridized carbons (Fsp3) is 0.917. The number of carbonyl (C=O) groups is 1. The second-order valence-corrected chi connectivity index (χ2v) is 4.94. The minimum absolute atomic E-state index is 0.0923. The lowest BCUT2D eigenvalue weighted by molar-refractivity contribution is -0.146. The molecule has 4 nitrogen and oxygen atoms in total. The van der Waals surface area contributed by atoms with Gasteiger partial charge in [-0.25, -0.2) is 0 Å². The summed E-state index contributed by atoms with van der Waals surface area (Å²) in [6, 6.07) is -0.0923. The van der Waals surface area contributed by atoms with E-state index in [9.17, 15) is 4.79 Å². The van der Waals surface area contributed by atoms with E-state index in [2.05, 4.69) is 23.9 Å². The van der Waals surface area contributed by atoms with Crippen molar-refractivity contribution in [3.63, 3.8) is 0 Å². The highest BCUT2D eigenvalue weighted by atomic mass is 16.5. The molecule has 1 heterocycles. The number of esters is 1. The van der Waals surface area contributed by atoms with Gasteiger partial charge < -0.3 is 9.64 Å². The molecule has 16 heavy (non-hydrogen) atoms. The molecule has 0 radical (unpaired) electrons. The third-order valence-corrected chi connectivity index (χ3v) is 3.36. The van der Waals surface area contributed by atoms with Crippen molar-refractivity contribution in [2.45, 2.75) is 25.8 Å². The minimum Gasteiger partial charge on any atom is -0.468 e. The van der Waals surface area contributed by atoms with Gasteiger partial charge in [-0.3, -0.25) is 9.69 Å². The van der Waals surface area contributed by atoms with Crippen molar-refractivity contribution in [3.05, 3.63) is 0 Å². The zero-order chi connectivity index (χ0) is 12.1. The lowest BCUT2D eigenvalue weighted by atomic mass is 9.95. The normalized spacial score (nSPS) is 21.1. The highest BCUT2D eigenvalue weighted by Crippen LogP contribution is 2.19. The second-order valence-electron chi connectivity index (χ2n) is 4.94. The van der Waals surface area contributed by atoms with E-state index in [4.69, 9.17) is 4.74 Å². The van der Waals surface area contributed by atoms with Gasteiger partial charge in [0.1, 0.15) is 6.04 Å². The third-order valence-electron chi connectivity index (χ3n) is 3.36. The SMILES string of the molecule is COC(=O)C(C)N1CCC(CN(C)C)CC1. The molecule has 94 valence electrons. The molecule has 1 saturated heterocycles. The van der Waals surface area contributed by atoms with Crippen LogP contribution in [0.5, 0.6) is 0 Å². The van der Waals surface area contributed by atoms with Crippen molar-refractivity contribution in [2.24, 2.45) is 5.92 Å². The maximum absolute atomic E-state index is 11.4. The highest BCUT2D eigenvalue weighted by molar-refractivity contribution is 5.75. The Morgan fingerprint density at radius 2 is 2.00 bits per heavy atom. The molecule has 1 aliphatic rings. The summed E-state index contributed by atoms with van der Waals surface area (Å²) in [7, 11) is 5.69. The first kappa shape index (κ1) is 13.5. The first-order valence-electron chi connectivity index (χ1n) is 6.01. The summed E-state index contributed by atoms with van der Waals surface area (Å²) in [4.78, 5) is 15.9. The van der Waals surface area contributed by atoms with Crippen molar-refractivity contribution in [2.75, 3.05) is 40.8 Å². The Morgan fingerprint density at radius 3 is 2.44 bits per heavy atom. The first-order chi connectivity index (χ1) is 7.54. The van der Waals surface area contributed by atoms with E-state index in [0.717, 1.165) is 25.6 Å². The quantitative estimate of drug-likeness (QED) is 0.667. The van der Waals surface area contributed by atoms with Crippen LogP contribution in [-0.2, 0) is 9.53 Å². The molecule has 0 bridgehead atoms. The van der Waals surface area contributed by atoms with Gasteiger partial charge in [0.2, 0.25) is 0 Å². The smallest absolute Gasteiger partial charge is 0.322 e. The van der Waals surface area contributed by atoms with Gasteiger partial charge in [-0.15, -0.1) is 0 Å². The fourth-order valence-corrected chi connectivity index (χ4v) is 2.36. The van der Waals surface area contributed by atoms with Crippen LogP contribution in [0.2, 0.25) is 0 Å². The van der Waals surface area contributed by atoms with Crippen LogP contribution in [0.1, 0.15) is 19.8 Å². The van der Waals surface area contributed by atoms with Gasteiger partial charge in [0.15, 0.2) is 0 Å². The van der Waals surface area contributed by atoms with Crippen molar-refractivity contribution in [1.82, 2.24) is 9.80 Å². The number of hydrogen-bond donors (Lipinski definition) is 0. The average molecular weight is 228 g/mol. The van der Waals surface area contributed by atoms with Crippen molar-refractivity contribution in [3.8, 4) is 0 Å². The molecule has 1 rings (SSSR count). The summed E-state index contributed by atoms with van der Waals surface area (Å²) >= 11 is 0. The van der Waals surface area contributed by atoms with Crippen LogP contribution in [0.15, 0.2) is 0 Å². The number of nitrogens with zero attached hydrogens (tertiary/aromatic N) is 2. The Hall–Kier alpha value is -0.610. The highest BCUT2D eigenvalue weighted by Gasteiger charge is 2.26. The first-order valence-corrected chi connectivity index (χ1v) is 6.01. The van der Waals surface area contributed by atoms with Crippen molar-refractivity contribution < 1.29 is 9.53 Å². The summed E-state index contributed by atoms with van der Waals surface area (Å²) < 4.78 is 4.77. The molecule has 0 saturated carbocycles. The van der Waals surface area contributed by atoms with Gasteiger partial charge in [0.05, 0.1) is 7.11 Å². The van der Waals surface area contributed by atoms with E-state index < -0.39 is 0 Å². The Kier molecular flexibility index (Phi) is 5.22. The number of piperidine rings is 1. The van der Waals surface area contributed by atoms with E-state index in [0.29, 0.717) is 0 Å². The minimum atomic E-state index is -0.119. The number of likely N-dealkylation sites (tertiary alicyclic amines) is 1. The van der Waals surface area contributed by atoms with E-state index >= 15 is 0 Å². The van der Waals surface area contributed by atoms with Gasteiger partial charge >= 0.3 is 5.97 Å². The van der Waals surface area contributed by atoms with Crippen molar-refractivity contribution >= 4 is 5.97 Å². The number of ether oxygens (including phenoxy) is 1. The van der Waals surface area contributed by atoms with Gasteiger partial charge in [0.25, 0.3) is 0 Å². The predicted molar refractivity (Wildman–Crippen MR) is 64.3 cm³/mol. The molecule has 0 aromatic heterocycles. The number of hydrogen-bond acceptors (Lipinski definition) is 4. The maximum atomic E-state index is 11.4. The third kappa shape index (κ3) is 3.76. The lowest BCUT2D eigenvalue weighted by Gasteiger charge is -2.35. The molecule has 0 N–H and O–H groups in total. The Balaban J connectivity index is 2.34. The second kappa shape index (κ2) is 6.21. The standard InChI is InChI=1S/C12H24N2O2/c1-10(12(15)16-4)14-7-5-11(6-8-14)9-13(2)3/h10-11H,5-9H2,1-4H3. The molecule has 1 atom stereocenters. The molecule has 0 aromatic rings. The van der Waals surface area contributed by atoms with Crippen LogP contribution in [-0.4, -0.2) is 62.7 Å². The van der Waals surface area contributed by atoms with Gasteiger partial charge in [-0.05, 0) is 52.9 Å². The number of methoxy groups -OCH3 is 1. The molecule has 4 heteroatoms. The van der Waals surface area contributed by atoms with Crippen LogP contribution >= 0.6 is 0 Å². The lowest BCUT2D eigenvalue weighted by Crippen LogP contribution is -2.45. The van der Waals surface area contributed by atoms with E-state index in [1.807, 2.05) is 6.92 Å². The summed E-state index contributed by atoms with van der Waals surface area (Å²) in [5, 5.41) is 0. The van der Waals surface area contributed by atoms with Crippen LogP contribution < -0.4 is 0 Å². The molecule has 1 unspecified atom stereocenters. The molecule has 0 aliphatic carbocycles. The Labute approximate surface area is 98.5 Å². The summed E-state index contributed by atoms with van der Waals surface area (Å²) in [6.45, 7) is 5.10. The maximum Gasteiger partial charge on any atom is 0.322 e. The van der Waals surface area contributed by atoms with Gasteiger partial charge in [-0.1, -0.05) is 0 Å². The summed E-state index contributed by atoms with van der Waals surface area (Å²) in [5.74, 6) is 0.655. The van der Waals surface area contributed by atoms with Crippen LogP contribution in [0.3, 0.4) is 0 Å². The van der Waals surface area contributed by atoms with Crippen LogP contribution in [0, 0.1) is 5.92 Å². The van der Waals surface area contributed by atoms with E-state index in [-0.39, 0.29) is 12.0 Å². The molecule has 1 aliphatic heterocycles. The molecule has 0 amide bonds. The average Bonchev–Trinajstić information content (AvgIpc) is 2.27. The van der Waals surface area contributed by atoms with E-state index in [1.54, 1.807) is 0 Å². The summed E-state index contributed by atoms with van der Waals surface area (Å²) in [5.41, 5.74) is 0. The van der Waals surface area contributed by atoms with Crippen LogP contribution in [0.4, 0.5) is 0 Å². The van der Waals surface area contributed by atoms with Crippen molar-refractivity contribution in [1.29, 1.82) is 0 Å². The Morgan fingerprint density at radius 1 is 1.44 bits per heavy atom. The summed E-state index contributed by atoms with van der Waals surface area (Å²) in [6.07, 6.45) is 2.36. The topological polar surface area (TPSA) is 32.8 Å². The molecule has 0 spiro atoms. The largest absolute Gasteiger partial charge is 0.468 e. The molecular formula is C12H24N2O2.